The molecule has 0 bridgehead atoms. The van der Waals surface area contributed by atoms with Crippen LogP contribution in [0.15, 0.2) is 22.9 Å². The molecule has 0 saturated carbocycles. The molecule has 2 rings (SSSR count). The molecule has 1 aromatic heterocycles. The van der Waals surface area contributed by atoms with Crippen LogP contribution in [0.5, 0.6) is 5.75 Å². The van der Waals surface area contributed by atoms with Crippen LogP contribution in [0.3, 0.4) is 0 Å². The molecular formula is C13H16N2O2. The zero-order chi connectivity index (χ0) is 12.4. The summed E-state index contributed by atoms with van der Waals surface area (Å²) in [7, 11) is 1.67. The number of hydrogen-bond donors (Lipinski definition) is 1. The largest absolute Gasteiger partial charge is 0.496 e. The van der Waals surface area contributed by atoms with E-state index in [9.17, 15) is 0 Å². The van der Waals surface area contributed by atoms with Crippen molar-refractivity contribution in [3.05, 3.63) is 35.0 Å². The van der Waals surface area contributed by atoms with Gasteiger partial charge in [-0.05, 0) is 37.1 Å². The Morgan fingerprint density at radius 1 is 1.29 bits per heavy atom. The van der Waals surface area contributed by atoms with Crippen molar-refractivity contribution in [2.75, 3.05) is 7.11 Å². The van der Waals surface area contributed by atoms with Gasteiger partial charge in [-0.15, -0.1) is 0 Å². The van der Waals surface area contributed by atoms with Gasteiger partial charge in [0.1, 0.15) is 5.75 Å². The summed E-state index contributed by atoms with van der Waals surface area (Å²) in [4.78, 5) is 0. The van der Waals surface area contributed by atoms with Gasteiger partial charge < -0.3 is 15.0 Å². The monoisotopic (exact) mass is 232 g/mol. The molecule has 0 aliphatic rings. The SMILES string of the molecule is COc1cc(C)c(-c2oncc2CN)cc1C. The van der Waals surface area contributed by atoms with Crippen LogP contribution in [0.2, 0.25) is 0 Å². The predicted molar refractivity (Wildman–Crippen MR) is 65.9 cm³/mol. The summed E-state index contributed by atoms with van der Waals surface area (Å²) in [5, 5.41) is 3.80. The van der Waals surface area contributed by atoms with Crippen LogP contribution in [-0.4, -0.2) is 12.3 Å². The maximum absolute atomic E-state index is 5.65. The molecule has 0 fully saturated rings. The van der Waals surface area contributed by atoms with Crippen molar-refractivity contribution in [2.24, 2.45) is 5.73 Å². The van der Waals surface area contributed by atoms with Crippen LogP contribution in [0, 0.1) is 13.8 Å². The number of hydrogen-bond acceptors (Lipinski definition) is 4. The standard InChI is InChI=1S/C13H16N2O2/c1-8-5-12(16-3)9(2)4-11(8)13-10(6-14)7-15-17-13/h4-5,7H,6,14H2,1-3H3. The van der Waals surface area contributed by atoms with Crippen molar-refractivity contribution in [1.29, 1.82) is 0 Å². The molecule has 17 heavy (non-hydrogen) atoms. The van der Waals surface area contributed by atoms with Gasteiger partial charge in [-0.25, -0.2) is 0 Å². The van der Waals surface area contributed by atoms with E-state index < -0.39 is 0 Å². The lowest BCUT2D eigenvalue weighted by atomic mass is 10.0. The Hall–Kier alpha value is -1.81. The Bertz CT molecular complexity index is 532. The summed E-state index contributed by atoms with van der Waals surface area (Å²) in [5.41, 5.74) is 9.73. The molecular weight excluding hydrogens is 216 g/mol. The lowest BCUT2D eigenvalue weighted by molar-refractivity contribution is 0.411. The van der Waals surface area contributed by atoms with Crippen molar-refractivity contribution < 1.29 is 9.26 Å². The summed E-state index contributed by atoms with van der Waals surface area (Å²) in [6.45, 7) is 4.43. The van der Waals surface area contributed by atoms with E-state index >= 15 is 0 Å². The van der Waals surface area contributed by atoms with Gasteiger partial charge in [0.05, 0.1) is 13.3 Å². The van der Waals surface area contributed by atoms with E-state index in [1.54, 1.807) is 13.3 Å². The maximum atomic E-state index is 5.65. The molecule has 1 heterocycles. The zero-order valence-corrected chi connectivity index (χ0v) is 10.3. The molecule has 4 heteroatoms. The van der Waals surface area contributed by atoms with Crippen LogP contribution in [0.4, 0.5) is 0 Å². The highest BCUT2D eigenvalue weighted by atomic mass is 16.5. The third-order valence-corrected chi connectivity index (χ3v) is 2.85. The Labute approximate surface area is 100 Å². The van der Waals surface area contributed by atoms with Crippen LogP contribution in [0.25, 0.3) is 11.3 Å². The summed E-state index contributed by atoms with van der Waals surface area (Å²) < 4.78 is 10.6. The van der Waals surface area contributed by atoms with Crippen LogP contribution in [-0.2, 0) is 6.54 Å². The van der Waals surface area contributed by atoms with E-state index in [0.717, 1.165) is 33.8 Å². The normalized spacial score (nSPS) is 10.6. The van der Waals surface area contributed by atoms with Crippen LogP contribution >= 0.6 is 0 Å². The Morgan fingerprint density at radius 2 is 2.06 bits per heavy atom. The second kappa shape index (κ2) is 4.59. The molecule has 2 aromatic rings. The van der Waals surface area contributed by atoms with E-state index in [4.69, 9.17) is 15.0 Å². The molecule has 0 aliphatic carbocycles. The average Bonchev–Trinajstić information content (AvgIpc) is 2.79. The lowest BCUT2D eigenvalue weighted by Crippen LogP contribution is -1.97. The van der Waals surface area contributed by atoms with Gasteiger partial charge >= 0.3 is 0 Å². The first-order chi connectivity index (χ1) is 8.17. The topological polar surface area (TPSA) is 61.3 Å². The van der Waals surface area contributed by atoms with Gasteiger partial charge in [0, 0.05) is 17.7 Å². The van der Waals surface area contributed by atoms with Gasteiger partial charge in [0.15, 0.2) is 5.76 Å². The molecule has 0 aliphatic heterocycles. The van der Waals surface area contributed by atoms with E-state index in [2.05, 4.69) is 5.16 Å². The number of rotatable bonds is 3. The summed E-state index contributed by atoms with van der Waals surface area (Å²) in [6, 6.07) is 4.03. The van der Waals surface area contributed by atoms with Crippen molar-refractivity contribution in [1.82, 2.24) is 5.16 Å². The minimum Gasteiger partial charge on any atom is -0.496 e. The Kier molecular flexibility index (Phi) is 3.15. The molecule has 4 nitrogen and oxygen atoms in total. The quantitative estimate of drug-likeness (QED) is 0.882. The molecule has 0 unspecified atom stereocenters. The van der Waals surface area contributed by atoms with E-state index in [1.807, 2.05) is 26.0 Å². The molecule has 0 atom stereocenters. The van der Waals surface area contributed by atoms with E-state index in [-0.39, 0.29) is 0 Å². The fourth-order valence-electron chi connectivity index (χ4n) is 1.88. The second-order valence-corrected chi connectivity index (χ2v) is 4.02. The number of methoxy groups -OCH3 is 1. The molecule has 0 amide bonds. The number of nitrogens with two attached hydrogens (primary N) is 1. The van der Waals surface area contributed by atoms with Crippen molar-refractivity contribution >= 4 is 0 Å². The first-order valence-corrected chi connectivity index (χ1v) is 5.46. The summed E-state index contributed by atoms with van der Waals surface area (Å²) in [6.07, 6.45) is 1.66. The highest BCUT2D eigenvalue weighted by Crippen LogP contribution is 2.31. The van der Waals surface area contributed by atoms with Crippen LogP contribution in [0.1, 0.15) is 16.7 Å². The van der Waals surface area contributed by atoms with Gasteiger partial charge in [-0.3, -0.25) is 0 Å². The van der Waals surface area contributed by atoms with Gasteiger partial charge in [0.2, 0.25) is 0 Å². The van der Waals surface area contributed by atoms with Gasteiger partial charge in [-0.1, -0.05) is 5.16 Å². The van der Waals surface area contributed by atoms with Crippen LogP contribution < -0.4 is 10.5 Å². The van der Waals surface area contributed by atoms with E-state index in [0.29, 0.717) is 6.54 Å². The summed E-state index contributed by atoms with van der Waals surface area (Å²) in [5.74, 6) is 1.62. The second-order valence-electron chi connectivity index (χ2n) is 4.02. The third-order valence-electron chi connectivity index (χ3n) is 2.85. The highest BCUT2D eigenvalue weighted by molar-refractivity contribution is 5.67. The molecule has 1 aromatic carbocycles. The fraction of sp³-hybridized carbons (Fsp3) is 0.308. The Balaban J connectivity index is 2.56. The number of aromatic nitrogens is 1. The number of nitrogens with zero attached hydrogens (tertiary/aromatic N) is 1. The van der Waals surface area contributed by atoms with Gasteiger partial charge in [-0.2, -0.15) is 0 Å². The average molecular weight is 232 g/mol. The molecule has 0 spiro atoms. The van der Waals surface area contributed by atoms with Crippen molar-refractivity contribution in [2.45, 2.75) is 20.4 Å². The maximum Gasteiger partial charge on any atom is 0.171 e. The molecule has 90 valence electrons. The summed E-state index contributed by atoms with van der Waals surface area (Å²) >= 11 is 0. The van der Waals surface area contributed by atoms with Crippen molar-refractivity contribution in [3.63, 3.8) is 0 Å². The minimum absolute atomic E-state index is 0.420. The molecule has 0 radical (unpaired) electrons. The van der Waals surface area contributed by atoms with E-state index in [1.165, 1.54) is 0 Å². The number of ether oxygens (including phenoxy) is 1. The predicted octanol–water partition coefficient (Wildman–Crippen LogP) is 2.43. The first-order valence-electron chi connectivity index (χ1n) is 5.46. The highest BCUT2D eigenvalue weighted by Gasteiger charge is 2.14. The smallest absolute Gasteiger partial charge is 0.171 e. The first kappa shape index (κ1) is 11.7. The minimum atomic E-state index is 0.420. The van der Waals surface area contributed by atoms with Gasteiger partial charge in [0.25, 0.3) is 0 Å². The van der Waals surface area contributed by atoms with Crippen molar-refractivity contribution in [3.8, 4) is 17.1 Å². The third kappa shape index (κ3) is 2.03. The lowest BCUT2D eigenvalue weighted by Gasteiger charge is -2.10. The number of benzene rings is 1. The fourth-order valence-corrected chi connectivity index (χ4v) is 1.88. The Morgan fingerprint density at radius 3 is 2.71 bits per heavy atom. The zero-order valence-electron chi connectivity index (χ0n) is 10.3. The molecule has 0 saturated heterocycles. The molecule has 2 N–H and O–H groups in total. The number of aryl methyl sites for hydroxylation is 2.